The van der Waals surface area contributed by atoms with Crippen molar-refractivity contribution < 1.29 is 0 Å². The van der Waals surface area contributed by atoms with E-state index in [0.717, 1.165) is 4.47 Å². The van der Waals surface area contributed by atoms with Gasteiger partial charge in [-0.05, 0) is 113 Å². The molecular formula is C37H25Br. The van der Waals surface area contributed by atoms with Crippen molar-refractivity contribution >= 4 is 59.0 Å². The van der Waals surface area contributed by atoms with Crippen LogP contribution in [0, 0.1) is 0 Å². The van der Waals surface area contributed by atoms with Gasteiger partial charge in [0.25, 0.3) is 0 Å². The van der Waals surface area contributed by atoms with Gasteiger partial charge in [0.05, 0.1) is 0 Å². The maximum Gasteiger partial charge on any atom is 0.0254 e. The first kappa shape index (κ1) is 22.1. The van der Waals surface area contributed by atoms with Gasteiger partial charge < -0.3 is 0 Å². The summed E-state index contributed by atoms with van der Waals surface area (Å²) in [5, 5.41) is 10.6. The predicted octanol–water partition coefficient (Wildman–Crippen LogP) is 11.0. The molecule has 38 heavy (non-hydrogen) atoms. The third kappa shape index (κ3) is 3.03. The molecule has 0 aromatic heterocycles. The van der Waals surface area contributed by atoms with Gasteiger partial charge in [-0.2, -0.15) is 0 Å². The Labute approximate surface area is 230 Å². The molecular weight excluding hydrogens is 524 g/mol. The van der Waals surface area contributed by atoms with E-state index in [0.29, 0.717) is 0 Å². The highest BCUT2D eigenvalue weighted by molar-refractivity contribution is 9.10. The Morgan fingerprint density at radius 1 is 0.474 bits per heavy atom. The number of hydrogen-bond acceptors (Lipinski definition) is 0. The van der Waals surface area contributed by atoms with Gasteiger partial charge in [0, 0.05) is 9.89 Å². The van der Waals surface area contributed by atoms with Gasteiger partial charge in [0.1, 0.15) is 0 Å². The third-order valence-corrected chi connectivity index (χ3v) is 9.33. The Hall–Kier alpha value is -3.94. The highest BCUT2D eigenvalue weighted by atomic mass is 79.9. The number of rotatable bonds is 2. The smallest absolute Gasteiger partial charge is 0.0254 e. The van der Waals surface area contributed by atoms with Gasteiger partial charge in [0.15, 0.2) is 0 Å². The molecule has 0 bridgehead atoms. The van der Waals surface area contributed by atoms with E-state index in [2.05, 4.69) is 145 Å². The molecule has 7 aromatic rings. The zero-order chi connectivity index (χ0) is 25.6. The first-order valence-corrected chi connectivity index (χ1v) is 14.0. The Morgan fingerprint density at radius 3 is 1.82 bits per heavy atom. The lowest BCUT2D eigenvalue weighted by molar-refractivity contribution is 0.663. The van der Waals surface area contributed by atoms with Crippen LogP contribution in [0.25, 0.3) is 65.3 Å². The molecule has 0 unspecified atom stereocenters. The van der Waals surface area contributed by atoms with Crippen LogP contribution in [0.4, 0.5) is 0 Å². The van der Waals surface area contributed by atoms with E-state index in [9.17, 15) is 0 Å². The maximum atomic E-state index is 3.75. The minimum absolute atomic E-state index is 0.0891. The quantitative estimate of drug-likeness (QED) is 0.188. The van der Waals surface area contributed by atoms with Crippen molar-refractivity contribution in [1.29, 1.82) is 0 Å². The molecule has 8 rings (SSSR count). The van der Waals surface area contributed by atoms with E-state index in [1.54, 1.807) is 0 Å². The van der Waals surface area contributed by atoms with Gasteiger partial charge in [-0.25, -0.2) is 0 Å². The molecule has 0 fully saturated rings. The summed E-state index contributed by atoms with van der Waals surface area (Å²) in [5.74, 6) is 0. The highest BCUT2D eigenvalue weighted by Crippen LogP contribution is 2.51. The molecule has 0 atom stereocenters. The molecule has 0 spiro atoms. The molecule has 1 aliphatic rings. The second-order valence-electron chi connectivity index (χ2n) is 11.1. The Bertz CT molecular complexity index is 2110. The Morgan fingerprint density at radius 2 is 1.05 bits per heavy atom. The van der Waals surface area contributed by atoms with E-state index in [1.165, 1.54) is 76.5 Å². The zero-order valence-electron chi connectivity index (χ0n) is 21.3. The maximum absolute atomic E-state index is 3.75. The van der Waals surface area contributed by atoms with Gasteiger partial charge in [-0.3, -0.25) is 0 Å². The molecule has 0 amide bonds. The first-order valence-electron chi connectivity index (χ1n) is 13.2. The minimum Gasteiger partial charge on any atom is -0.0616 e. The van der Waals surface area contributed by atoms with E-state index in [-0.39, 0.29) is 5.41 Å². The van der Waals surface area contributed by atoms with Crippen LogP contribution < -0.4 is 0 Å². The molecule has 0 nitrogen and oxygen atoms in total. The summed E-state index contributed by atoms with van der Waals surface area (Å²) >= 11 is 3.75. The first-order chi connectivity index (χ1) is 18.5. The fourth-order valence-corrected chi connectivity index (χ4v) is 7.14. The van der Waals surface area contributed by atoms with Crippen molar-refractivity contribution in [2.75, 3.05) is 0 Å². The van der Waals surface area contributed by atoms with Crippen LogP contribution >= 0.6 is 15.9 Å². The SMILES string of the molecule is CC1(C)c2cc(-c3ccc4ccccc4c3)cc3ccc4cc(-c5ccc(Br)c6ccccc56)cc1c4c23. The van der Waals surface area contributed by atoms with Crippen molar-refractivity contribution in [2.24, 2.45) is 0 Å². The van der Waals surface area contributed by atoms with Crippen LogP contribution in [0.3, 0.4) is 0 Å². The second-order valence-corrected chi connectivity index (χ2v) is 12.0. The van der Waals surface area contributed by atoms with Gasteiger partial charge >= 0.3 is 0 Å². The Kier molecular flexibility index (Phi) is 4.52. The van der Waals surface area contributed by atoms with Crippen LogP contribution in [0.1, 0.15) is 25.0 Å². The molecule has 0 N–H and O–H groups in total. The van der Waals surface area contributed by atoms with Crippen LogP contribution in [-0.4, -0.2) is 0 Å². The van der Waals surface area contributed by atoms with E-state index < -0.39 is 0 Å². The summed E-state index contributed by atoms with van der Waals surface area (Å²) in [5.41, 5.74) is 7.89. The molecule has 0 radical (unpaired) electrons. The summed E-state index contributed by atoms with van der Waals surface area (Å²) in [6.07, 6.45) is 0. The van der Waals surface area contributed by atoms with Gasteiger partial charge in [-0.15, -0.1) is 0 Å². The number of halogens is 1. The fourth-order valence-electron chi connectivity index (χ4n) is 6.67. The highest BCUT2D eigenvalue weighted by Gasteiger charge is 2.35. The topological polar surface area (TPSA) is 0 Å². The van der Waals surface area contributed by atoms with Crippen LogP contribution in [0.2, 0.25) is 0 Å². The lowest BCUT2D eigenvalue weighted by atomic mass is 9.80. The van der Waals surface area contributed by atoms with Gasteiger partial charge in [0.2, 0.25) is 0 Å². The molecule has 180 valence electrons. The minimum atomic E-state index is -0.0891. The van der Waals surface area contributed by atoms with Crippen LogP contribution in [0.5, 0.6) is 0 Å². The van der Waals surface area contributed by atoms with E-state index >= 15 is 0 Å². The van der Waals surface area contributed by atoms with Crippen molar-refractivity contribution in [1.82, 2.24) is 0 Å². The summed E-state index contributed by atoms with van der Waals surface area (Å²) in [6.45, 7) is 4.79. The molecule has 0 heterocycles. The molecule has 0 aliphatic heterocycles. The normalized spacial score (nSPS) is 13.9. The predicted molar refractivity (Wildman–Crippen MR) is 167 cm³/mol. The Balaban J connectivity index is 1.36. The summed E-state index contributed by atoms with van der Waals surface area (Å²) in [4.78, 5) is 0. The van der Waals surface area contributed by atoms with Crippen molar-refractivity contribution in [2.45, 2.75) is 19.3 Å². The number of hydrogen-bond donors (Lipinski definition) is 0. The standard InChI is InChI=1S/C37H25Br/c1-37(2)32-20-27(24-12-11-22-7-3-4-8-23(22)17-24)18-25-13-14-26-19-28(21-33(37)36(26)35(25)32)29-15-16-34(38)31-10-6-5-9-30(29)31/h3-21H,1-2H3. The molecule has 1 aliphatic carbocycles. The molecule has 0 saturated carbocycles. The molecule has 7 aromatic carbocycles. The molecule has 1 heteroatoms. The van der Waals surface area contributed by atoms with Crippen molar-refractivity contribution in [3.05, 3.63) is 131 Å². The second kappa shape index (κ2) is 7.79. The van der Waals surface area contributed by atoms with E-state index in [4.69, 9.17) is 0 Å². The van der Waals surface area contributed by atoms with Crippen molar-refractivity contribution in [3.63, 3.8) is 0 Å². The van der Waals surface area contributed by atoms with E-state index in [1.807, 2.05) is 0 Å². The lowest BCUT2D eigenvalue weighted by Gasteiger charge is -2.23. The largest absolute Gasteiger partial charge is 0.0616 e. The molecule has 0 saturated heterocycles. The number of benzene rings is 7. The third-order valence-electron chi connectivity index (χ3n) is 8.64. The number of fused-ring (bicyclic) bond motifs is 2. The zero-order valence-corrected chi connectivity index (χ0v) is 22.9. The summed E-state index contributed by atoms with van der Waals surface area (Å²) in [6, 6.07) is 42.9. The van der Waals surface area contributed by atoms with Crippen LogP contribution in [0.15, 0.2) is 120 Å². The van der Waals surface area contributed by atoms with Gasteiger partial charge in [-0.1, -0.05) is 109 Å². The average molecular weight is 550 g/mol. The summed E-state index contributed by atoms with van der Waals surface area (Å²) in [7, 11) is 0. The average Bonchev–Trinajstić information content (AvgIpc) is 3.18. The fraction of sp³-hybridized carbons (Fsp3) is 0.0811. The van der Waals surface area contributed by atoms with Crippen molar-refractivity contribution in [3.8, 4) is 22.3 Å². The van der Waals surface area contributed by atoms with Crippen LogP contribution in [-0.2, 0) is 5.41 Å². The monoisotopic (exact) mass is 548 g/mol. The lowest BCUT2D eigenvalue weighted by Crippen LogP contribution is -2.15. The summed E-state index contributed by atoms with van der Waals surface area (Å²) < 4.78 is 1.14.